The molecule has 0 aliphatic carbocycles. The first-order valence-corrected chi connectivity index (χ1v) is 8.18. The molecule has 1 fully saturated rings. The second kappa shape index (κ2) is 8.07. The first kappa shape index (κ1) is 17.4. The summed E-state index contributed by atoms with van der Waals surface area (Å²) < 4.78 is 5.22. The lowest BCUT2D eigenvalue weighted by Crippen LogP contribution is -3.14. The highest BCUT2D eigenvalue weighted by Crippen LogP contribution is 2.29. The van der Waals surface area contributed by atoms with Gasteiger partial charge >= 0.3 is 0 Å². The third kappa shape index (κ3) is 4.52. The average Bonchev–Trinajstić information content (AvgIpc) is 2.56. The molecule has 7 nitrogen and oxygen atoms in total. The van der Waals surface area contributed by atoms with Crippen molar-refractivity contribution in [2.75, 3.05) is 45.2 Å². The van der Waals surface area contributed by atoms with Crippen LogP contribution in [0.5, 0.6) is 5.75 Å². The lowest BCUT2D eigenvalue weighted by Gasteiger charge is -2.33. The Hall–Kier alpha value is -1.93. The number of benzene rings is 1. The third-order valence-corrected chi connectivity index (χ3v) is 4.36. The van der Waals surface area contributed by atoms with E-state index in [2.05, 4.69) is 17.1 Å². The van der Waals surface area contributed by atoms with Gasteiger partial charge in [0.25, 0.3) is 5.69 Å². The molecule has 1 aliphatic heterocycles. The van der Waals surface area contributed by atoms with Crippen LogP contribution in [0.3, 0.4) is 0 Å². The summed E-state index contributed by atoms with van der Waals surface area (Å²) in [5.74, 6) is 0.414. The molecule has 1 saturated heterocycles. The molecule has 23 heavy (non-hydrogen) atoms. The van der Waals surface area contributed by atoms with E-state index in [1.165, 1.54) is 32.2 Å². The zero-order valence-electron chi connectivity index (χ0n) is 13.5. The first-order chi connectivity index (χ1) is 11.0. The van der Waals surface area contributed by atoms with Gasteiger partial charge in [-0.25, -0.2) is 0 Å². The van der Waals surface area contributed by atoms with E-state index < -0.39 is 4.92 Å². The SMILES string of the molecule is CCC[NH+]1CCN(C(=S)Nc2ccc([N+](=O)[O-])cc2OC)CC1. The summed E-state index contributed by atoms with van der Waals surface area (Å²) in [5.41, 5.74) is 0.640. The molecule has 0 atom stereocenters. The van der Waals surface area contributed by atoms with Gasteiger partial charge in [-0.2, -0.15) is 0 Å². The molecule has 1 aromatic rings. The maximum Gasteiger partial charge on any atom is 0.273 e. The summed E-state index contributed by atoms with van der Waals surface area (Å²) in [4.78, 5) is 14.1. The van der Waals surface area contributed by atoms with E-state index in [1.54, 1.807) is 11.0 Å². The molecule has 8 heteroatoms. The zero-order chi connectivity index (χ0) is 16.8. The van der Waals surface area contributed by atoms with Crippen molar-refractivity contribution in [2.24, 2.45) is 0 Å². The number of ether oxygens (including phenoxy) is 1. The first-order valence-electron chi connectivity index (χ1n) is 7.77. The second-order valence-electron chi connectivity index (χ2n) is 5.56. The number of nitrogens with one attached hydrogen (secondary N) is 2. The maximum atomic E-state index is 10.8. The molecule has 0 spiro atoms. The quantitative estimate of drug-likeness (QED) is 0.472. The van der Waals surface area contributed by atoms with Crippen LogP contribution in [0, 0.1) is 10.1 Å². The van der Waals surface area contributed by atoms with Crippen LogP contribution in [-0.2, 0) is 0 Å². The Morgan fingerprint density at radius 2 is 2.17 bits per heavy atom. The van der Waals surface area contributed by atoms with Gasteiger partial charge in [0.15, 0.2) is 5.11 Å². The number of anilines is 1. The van der Waals surface area contributed by atoms with Crippen LogP contribution in [0.2, 0.25) is 0 Å². The molecular formula is C15H23N4O3S+. The monoisotopic (exact) mass is 339 g/mol. The van der Waals surface area contributed by atoms with Crippen LogP contribution in [0.15, 0.2) is 18.2 Å². The number of methoxy groups -OCH3 is 1. The maximum absolute atomic E-state index is 10.8. The molecule has 0 aromatic heterocycles. The highest BCUT2D eigenvalue weighted by atomic mass is 32.1. The summed E-state index contributed by atoms with van der Waals surface area (Å²) in [6.45, 7) is 7.38. The van der Waals surface area contributed by atoms with Gasteiger partial charge in [-0.15, -0.1) is 0 Å². The van der Waals surface area contributed by atoms with Crippen LogP contribution >= 0.6 is 12.2 Å². The van der Waals surface area contributed by atoms with Gasteiger partial charge in [-0.05, 0) is 24.7 Å². The normalized spacial score (nSPS) is 15.3. The number of piperazine rings is 1. The number of thiocarbonyl (C=S) groups is 1. The number of nitrogens with zero attached hydrogens (tertiary/aromatic N) is 2. The Balaban J connectivity index is 1.99. The molecule has 1 aromatic carbocycles. The van der Waals surface area contributed by atoms with Crippen molar-refractivity contribution in [1.29, 1.82) is 0 Å². The molecule has 0 unspecified atom stereocenters. The Morgan fingerprint density at radius 1 is 1.48 bits per heavy atom. The lowest BCUT2D eigenvalue weighted by molar-refractivity contribution is -0.903. The molecule has 0 radical (unpaired) electrons. The van der Waals surface area contributed by atoms with E-state index in [0.29, 0.717) is 16.5 Å². The van der Waals surface area contributed by atoms with Gasteiger partial charge in [0.1, 0.15) is 5.75 Å². The van der Waals surface area contributed by atoms with Crippen molar-refractivity contribution in [3.63, 3.8) is 0 Å². The van der Waals surface area contributed by atoms with Gasteiger partial charge in [-0.3, -0.25) is 10.1 Å². The molecule has 2 N–H and O–H groups in total. The fourth-order valence-corrected chi connectivity index (χ4v) is 3.01. The van der Waals surface area contributed by atoms with Gasteiger partial charge in [0.05, 0.1) is 56.5 Å². The van der Waals surface area contributed by atoms with E-state index in [1.807, 2.05) is 0 Å². The van der Waals surface area contributed by atoms with Crippen molar-refractivity contribution >= 4 is 28.7 Å². The number of nitro groups is 1. The highest BCUT2D eigenvalue weighted by molar-refractivity contribution is 7.80. The summed E-state index contributed by atoms with van der Waals surface area (Å²) >= 11 is 5.47. The Kier molecular flexibility index (Phi) is 6.12. The number of quaternary nitrogens is 1. The lowest BCUT2D eigenvalue weighted by atomic mass is 10.2. The van der Waals surface area contributed by atoms with Gasteiger partial charge in [0.2, 0.25) is 0 Å². The van der Waals surface area contributed by atoms with Crippen molar-refractivity contribution in [2.45, 2.75) is 13.3 Å². The van der Waals surface area contributed by atoms with E-state index in [0.717, 1.165) is 26.2 Å². The van der Waals surface area contributed by atoms with Crippen molar-refractivity contribution in [1.82, 2.24) is 4.90 Å². The molecule has 126 valence electrons. The van der Waals surface area contributed by atoms with E-state index in [4.69, 9.17) is 17.0 Å². The van der Waals surface area contributed by atoms with Crippen LogP contribution in [-0.4, -0.2) is 54.8 Å². The van der Waals surface area contributed by atoms with Crippen molar-refractivity contribution < 1.29 is 14.6 Å². The van der Waals surface area contributed by atoms with Crippen molar-refractivity contribution in [3.8, 4) is 5.75 Å². The van der Waals surface area contributed by atoms with Crippen LogP contribution in [0.1, 0.15) is 13.3 Å². The average molecular weight is 339 g/mol. The predicted molar refractivity (Wildman–Crippen MR) is 93.3 cm³/mol. The number of hydrogen-bond donors (Lipinski definition) is 2. The standard InChI is InChI=1S/C15H22N4O3S/c1-3-6-17-7-9-18(10-8-17)15(23)16-13-5-4-12(19(20)21)11-14(13)22-2/h4-5,11H,3,6-10H2,1-2H3,(H,16,23)/p+1. The Labute approximate surface area is 141 Å². The van der Waals surface area contributed by atoms with Crippen LogP contribution in [0.4, 0.5) is 11.4 Å². The zero-order valence-corrected chi connectivity index (χ0v) is 14.3. The molecule has 0 saturated carbocycles. The van der Waals surface area contributed by atoms with Gasteiger partial charge in [-0.1, -0.05) is 6.92 Å². The molecular weight excluding hydrogens is 316 g/mol. The fourth-order valence-electron chi connectivity index (χ4n) is 2.72. The van der Waals surface area contributed by atoms with E-state index in [9.17, 15) is 10.1 Å². The van der Waals surface area contributed by atoms with E-state index in [-0.39, 0.29) is 5.69 Å². The summed E-state index contributed by atoms with van der Waals surface area (Å²) in [6, 6.07) is 4.47. The molecule has 1 heterocycles. The fraction of sp³-hybridized carbons (Fsp3) is 0.533. The summed E-state index contributed by atoms with van der Waals surface area (Å²) in [5, 5.41) is 14.6. The van der Waals surface area contributed by atoms with Crippen molar-refractivity contribution in [3.05, 3.63) is 28.3 Å². The number of rotatable bonds is 5. The minimum Gasteiger partial charge on any atom is -0.494 e. The number of nitro benzene ring substituents is 1. The third-order valence-electron chi connectivity index (χ3n) is 4.00. The molecule has 1 aliphatic rings. The van der Waals surface area contributed by atoms with E-state index >= 15 is 0 Å². The van der Waals surface area contributed by atoms with Gasteiger partial charge < -0.3 is 19.9 Å². The second-order valence-corrected chi connectivity index (χ2v) is 5.95. The Bertz CT molecular complexity index is 574. The highest BCUT2D eigenvalue weighted by Gasteiger charge is 2.22. The molecule has 0 amide bonds. The van der Waals surface area contributed by atoms with Crippen LogP contribution < -0.4 is 15.0 Å². The number of hydrogen-bond acceptors (Lipinski definition) is 4. The topological polar surface area (TPSA) is 72.1 Å². The predicted octanol–water partition coefficient (Wildman–Crippen LogP) is 0.911. The smallest absolute Gasteiger partial charge is 0.273 e. The minimum atomic E-state index is -0.444. The van der Waals surface area contributed by atoms with Crippen LogP contribution in [0.25, 0.3) is 0 Å². The van der Waals surface area contributed by atoms with Gasteiger partial charge in [0, 0.05) is 6.07 Å². The largest absolute Gasteiger partial charge is 0.494 e. The Morgan fingerprint density at radius 3 is 2.74 bits per heavy atom. The summed E-state index contributed by atoms with van der Waals surface area (Å²) in [7, 11) is 1.49. The number of non-ortho nitro benzene ring substituents is 1. The minimum absolute atomic E-state index is 0.00454. The molecule has 0 bridgehead atoms. The summed E-state index contributed by atoms with van der Waals surface area (Å²) in [6.07, 6.45) is 1.19. The molecule has 2 rings (SSSR count).